The van der Waals surface area contributed by atoms with Gasteiger partial charge in [0.25, 0.3) is 0 Å². The number of imidazole rings is 1. The van der Waals surface area contributed by atoms with Crippen LogP contribution in [-0.2, 0) is 0 Å². The maximum atomic E-state index is 5.67. The summed E-state index contributed by atoms with van der Waals surface area (Å²) in [5.41, 5.74) is 8.60. The van der Waals surface area contributed by atoms with Crippen molar-refractivity contribution in [2.45, 2.75) is 0 Å². The third-order valence-electron chi connectivity index (χ3n) is 2.61. The van der Waals surface area contributed by atoms with Gasteiger partial charge in [-0.2, -0.15) is 0 Å². The SMILES string of the molecule is Nc1ccc(-c2ncc3ccccn23)cc1. The average Bonchev–Trinajstić information content (AvgIpc) is 2.74. The molecule has 3 heteroatoms. The smallest absolute Gasteiger partial charge is 0.144 e. The molecule has 78 valence electrons. The highest BCUT2D eigenvalue weighted by Gasteiger charge is 2.04. The Morgan fingerprint density at radius 3 is 2.62 bits per heavy atom. The number of nitrogens with zero attached hydrogens (tertiary/aromatic N) is 2. The minimum absolute atomic E-state index is 0.768. The van der Waals surface area contributed by atoms with Gasteiger partial charge in [-0.15, -0.1) is 0 Å². The van der Waals surface area contributed by atoms with Crippen molar-refractivity contribution < 1.29 is 0 Å². The van der Waals surface area contributed by atoms with Crippen molar-refractivity contribution in [2.24, 2.45) is 0 Å². The number of anilines is 1. The second-order valence-corrected chi connectivity index (χ2v) is 3.70. The zero-order valence-electron chi connectivity index (χ0n) is 8.67. The molecule has 0 fully saturated rings. The number of nitrogen functional groups attached to an aromatic ring is 1. The Balaban J connectivity index is 2.22. The molecule has 0 aliphatic carbocycles. The number of hydrogen-bond donors (Lipinski definition) is 1. The van der Waals surface area contributed by atoms with Gasteiger partial charge < -0.3 is 5.73 Å². The van der Waals surface area contributed by atoms with Crippen LogP contribution >= 0.6 is 0 Å². The molecule has 2 heterocycles. The van der Waals surface area contributed by atoms with E-state index in [2.05, 4.69) is 9.38 Å². The van der Waals surface area contributed by atoms with Gasteiger partial charge in [0, 0.05) is 17.4 Å². The van der Waals surface area contributed by atoms with Crippen LogP contribution in [0.5, 0.6) is 0 Å². The van der Waals surface area contributed by atoms with Crippen molar-refractivity contribution in [3.63, 3.8) is 0 Å². The van der Waals surface area contributed by atoms with Crippen LogP contribution < -0.4 is 5.73 Å². The summed E-state index contributed by atoms with van der Waals surface area (Å²) in [5.74, 6) is 0.940. The van der Waals surface area contributed by atoms with Crippen molar-refractivity contribution in [3.8, 4) is 11.4 Å². The highest BCUT2D eigenvalue weighted by molar-refractivity contribution is 5.64. The average molecular weight is 209 g/mol. The number of aromatic nitrogens is 2. The second-order valence-electron chi connectivity index (χ2n) is 3.70. The minimum atomic E-state index is 0.768. The molecule has 0 aliphatic rings. The summed E-state index contributed by atoms with van der Waals surface area (Å²) < 4.78 is 2.06. The molecule has 0 amide bonds. The Morgan fingerprint density at radius 2 is 1.81 bits per heavy atom. The molecule has 1 aromatic carbocycles. The van der Waals surface area contributed by atoms with Crippen molar-refractivity contribution >= 4 is 11.2 Å². The summed E-state index contributed by atoms with van der Waals surface area (Å²) in [5, 5.41) is 0. The first-order chi connectivity index (χ1) is 7.84. The van der Waals surface area contributed by atoms with Gasteiger partial charge in [-0.05, 0) is 36.4 Å². The minimum Gasteiger partial charge on any atom is -0.399 e. The lowest BCUT2D eigenvalue weighted by Gasteiger charge is -2.01. The van der Waals surface area contributed by atoms with Gasteiger partial charge in [0.05, 0.1) is 11.7 Å². The van der Waals surface area contributed by atoms with Crippen molar-refractivity contribution in [2.75, 3.05) is 5.73 Å². The van der Waals surface area contributed by atoms with Crippen LogP contribution in [0.2, 0.25) is 0 Å². The van der Waals surface area contributed by atoms with Crippen molar-refractivity contribution in [1.82, 2.24) is 9.38 Å². The summed E-state index contributed by atoms with van der Waals surface area (Å²) in [7, 11) is 0. The molecule has 0 spiro atoms. The molecular formula is C13H11N3. The van der Waals surface area contributed by atoms with Gasteiger partial charge in [0.2, 0.25) is 0 Å². The fourth-order valence-electron chi connectivity index (χ4n) is 1.79. The van der Waals surface area contributed by atoms with Crippen LogP contribution in [-0.4, -0.2) is 9.38 Å². The normalized spacial score (nSPS) is 10.8. The van der Waals surface area contributed by atoms with E-state index in [1.165, 1.54) is 0 Å². The lowest BCUT2D eigenvalue weighted by molar-refractivity contribution is 1.16. The number of benzene rings is 1. The van der Waals surface area contributed by atoms with Gasteiger partial charge in [-0.25, -0.2) is 4.98 Å². The predicted octanol–water partition coefficient (Wildman–Crippen LogP) is 2.58. The summed E-state index contributed by atoms with van der Waals surface area (Å²) in [6, 6.07) is 13.8. The van der Waals surface area contributed by atoms with E-state index in [-0.39, 0.29) is 0 Å². The van der Waals surface area contributed by atoms with Gasteiger partial charge in [0.1, 0.15) is 5.82 Å². The van der Waals surface area contributed by atoms with Gasteiger partial charge in [0.15, 0.2) is 0 Å². The molecule has 3 rings (SSSR count). The quantitative estimate of drug-likeness (QED) is 0.626. The monoisotopic (exact) mass is 209 g/mol. The van der Waals surface area contributed by atoms with Crippen LogP contribution in [0, 0.1) is 0 Å². The lowest BCUT2D eigenvalue weighted by atomic mass is 10.2. The van der Waals surface area contributed by atoms with E-state index in [1.54, 1.807) is 0 Å². The zero-order chi connectivity index (χ0) is 11.0. The number of hydrogen-bond acceptors (Lipinski definition) is 2. The van der Waals surface area contributed by atoms with E-state index < -0.39 is 0 Å². The number of pyridine rings is 1. The van der Waals surface area contributed by atoms with E-state index in [4.69, 9.17) is 5.73 Å². The standard InChI is InChI=1S/C13H11N3/c14-11-6-4-10(5-7-11)13-15-9-12-3-1-2-8-16(12)13/h1-9H,14H2. The van der Waals surface area contributed by atoms with E-state index >= 15 is 0 Å². The summed E-state index contributed by atoms with van der Waals surface area (Å²) in [4.78, 5) is 4.42. The zero-order valence-corrected chi connectivity index (χ0v) is 8.67. The molecule has 0 aliphatic heterocycles. The highest BCUT2D eigenvalue weighted by Crippen LogP contribution is 2.20. The van der Waals surface area contributed by atoms with Gasteiger partial charge in [-0.1, -0.05) is 6.07 Å². The van der Waals surface area contributed by atoms with Gasteiger partial charge in [-0.3, -0.25) is 4.40 Å². The first kappa shape index (κ1) is 8.97. The Bertz CT molecular complexity index is 623. The Labute approximate surface area is 93.2 Å². The maximum Gasteiger partial charge on any atom is 0.144 e. The molecule has 16 heavy (non-hydrogen) atoms. The second kappa shape index (κ2) is 3.38. The number of rotatable bonds is 1. The lowest BCUT2D eigenvalue weighted by Crippen LogP contribution is -1.89. The molecule has 3 nitrogen and oxygen atoms in total. The highest BCUT2D eigenvalue weighted by atomic mass is 15.0. The van der Waals surface area contributed by atoms with Crippen LogP contribution in [0.3, 0.4) is 0 Å². The first-order valence-electron chi connectivity index (χ1n) is 5.12. The third-order valence-corrected chi connectivity index (χ3v) is 2.61. The molecular weight excluding hydrogens is 198 g/mol. The van der Waals surface area contributed by atoms with Crippen LogP contribution in [0.4, 0.5) is 5.69 Å². The van der Waals surface area contributed by atoms with Gasteiger partial charge >= 0.3 is 0 Å². The predicted molar refractivity (Wildman–Crippen MR) is 65.0 cm³/mol. The van der Waals surface area contributed by atoms with Crippen LogP contribution in [0.25, 0.3) is 16.9 Å². The van der Waals surface area contributed by atoms with E-state index in [0.29, 0.717) is 0 Å². The van der Waals surface area contributed by atoms with E-state index in [0.717, 1.165) is 22.6 Å². The number of nitrogens with two attached hydrogens (primary N) is 1. The largest absolute Gasteiger partial charge is 0.399 e. The first-order valence-corrected chi connectivity index (χ1v) is 5.12. The van der Waals surface area contributed by atoms with E-state index in [9.17, 15) is 0 Å². The molecule has 0 radical (unpaired) electrons. The molecule has 2 N–H and O–H groups in total. The van der Waals surface area contributed by atoms with E-state index in [1.807, 2.05) is 54.9 Å². The number of fused-ring (bicyclic) bond motifs is 1. The molecule has 0 unspecified atom stereocenters. The molecule has 0 atom stereocenters. The Morgan fingerprint density at radius 1 is 1.00 bits per heavy atom. The molecule has 0 saturated heterocycles. The van der Waals surface area contributed by atoms with Crippen LogP contribution in [0.15, 0.2) is 54.9 Å². The molecule has 3 aromatic rings. The van der Waals surface area contributed by atoms with Crippen molar-refractivity contribution in [3.05, 3.63) is 54.9 Å². The molecule has 0 bridgehead atoms. The summed E-state index contributed by atoms with van der Waals surface area (Å²) in [6.45, 7) is 0. The molecule has 2 aromatic heterocycles. The maximum absolute atomic E-state index is 5.67. The van der Waals surface area contributed by atoms with Crippen LogP contribution in [0.1, 0.15) is 0 Å². The van der Waals surface area contributed by atoms with Crippen molar-refractivity contribution in [1.29, 1.82) is 0 Å². The fraction of sp³-hybridized carbons (Fsp3) is 0. The fourth-order valence-corrected chi connectivity index (χ4v) is 1.79. The Kier molecular flexibility index (Phi) is 1.90. The topological polar surface area (TPSA) is 43.3 Å². The summed E-state index contributed by atoms with van der Waals surface area (Å²) >= 11 is 0. The molecule has 0 saturated carbocycles. The summed E-state index contributed by atoms with van der Waals surface area (Å²) in [6.07, 6.45) is 3.87. The third kappa shape index (κ3) is 1.34. The Hall–Kier alpha value is -2.29.